The molecule has 0 aromatic carbocycles. The van der Waals surface area contributed by atoms with Gasteiger partial charge in [0.1, 0.15) is 5.82 Å². The average Bonchev–Trinajstić information content (AvgIpc) is 2.98. The predicted octanol–water partition coefficient (Wildman–Crippen LogP) is 0.634. The van der Waals surface area contributed by atoms with Gasteiger partial charge in [0, 0.05) is 25.7 Å². The minimum Gasteiger partial charge on any atom is -0.349 e. The van der Waals surface area contributed by atoms with Gasteiger partial charge in [-0.1, -0.05) is 13.8 Å². The van der Waals surface area contributed by atoms with Crippen LogP contribution in [0.4, 0.5) is 0 Å². The van der Waals surface area contributed by atoms with Gasteiger partial charge in [0.2, 0.25) is 5.82 Å². The molecule has 0 saturated carbocycles. The van der Waals surface area contributed by atoms with Gasteiger partial charge >= 0.3 is 0 Å². The lowest BCUT2D eigenvalue weighted by Crippen LogP contribution is -2.26. The molecule has 0 fully saturated rings. The Balaban J connectivity index is 1.83. The van der Waals surface area contributed by atoms with Crippen LogP contribution >= 0.6 is 0 Å². The van der Waals surface area contributed by atoms with Crippen LogP contribution in [-0.2, 0) is 13.5 Å². The van der Waals surface area contributed by atoms with Crippen molar-refractivity contribution < 1.29 is 4.79 Å². The fraction of sp³-hybridized carbons (Fsp3) is 0.500. The number of carbonyl (C=O) groups excluding carboxylic acids is 1. The summed E-state index contributed by atoms with van der Waals surface area (Å²) in [6.45, 7) is 4.52. The number of hydrogen-bond donors (Lipinski definition) is 2. The summed E-state index contributed by atoms with van der Waals surface area (Å²) in [6, 6.07) is 0. The molecule has 0 radical (unpaired) electrons. The van der Waals surface area contributed by atoms with Crippen LogP contribution in [0.25, 0.3) is 0 Å². The van der Waals surface area contributed by atoms with Crippen LogP contribution in [0.5, 0.6) is 0 Å². The summed E-state index contributed by atoms with van der Waals surface area (Å²) in [7, 11) is 1.86. The highest BCUT2D eigenvalue weighted by Gasteiger charge is 2.13. The molecule has 2 aromatic heterocycles. The van der Waals surface area contributed by atoms with Crippen LogP contribution in [-0.4, -0.2) is 37.4 Å². The summed E-state index contributed by atoms with van der Waals surface area (Å²) in [5.41, 5.74) is 1.08. The number of rotatable bonds is 5. The van der Waals surface area contributed by atoms with Gasteiger partial charge in [-0.15, -0.1) is 5.10 Å². The lowest BCUT2D eigenvalue weighted by atomic mass is 10.2. The van der Waals surface area contributed by atoms with E-state index >= 15 is 0 Å². The molecular weight excluding hydrogens is 244 g/mol. The lowest BCUT2D eigenvalue weighted by Gasteiger charge is -2.00. The van der Waals surface area contributed by atoms with Gasteiger partial charge in [-0.3, -0.25) is 14.6 Å². The van der Waals surface area contributed by atoms with E-state index in [1.54, 1.807) is 10.9 Å². The predicted molar refractivity (Wildman–Crippen MR) is 69.7 cm³/mol. The van der Waals surface area contributed by atoms with Crippen molar-refractivity contribution in [3.05, 3.63) is 29.6 Å². The Morgan fingerprint density at radius 1 is 1.53 bits per heavy atom. The standard InChI is InChI=1S/C12H18N6O/c1-8(2)10-15-11(17-16-10)12(19)13-5-4-9-6-14-18(3)7-9/h6-8H,4-5H2,1-3H3,(H,13,19)(H,15,16,17). The molecule has 7 heteroatoms. The molecule has 0 bridgehead atoms. The highest BCUT2D eigenvalue weighted by Crippen LogP contribution is 2.07. The van der Waals surface area contributed by atoms with E-state index in [4.69, 9.17) is 0 Å². The number of H-pyrrole nitrogens is 1. The quantitative estimate of drug-likeness (QED) is 0.827. The van der Waals surface area contributed by atoms with E-state index in [2.05, 4.69) is 25.6 Å². The third-order valence-corrected chi connectivity index (χ3v) is 2.71. The summed E-state index contributed by atoms with van der Waals surface area (Å²) in [5.74, 6) is 0.878. The Bertz CT molecular complexity index is 556. The molecule has 2 aromatic rings. The second-order valence-corrected chi connectivity index (χ2v) is 4.73. The first-order valence-electron chi connectivity index (χ1n) is 6.24. The van der Waals surface area contributed by atoms with Crippen molar-refractivity contribution >= 4 is 5.91 Å². The molecule has 1 amide bonds. The zero-order valence-electron chi connectivity index (χ0n) is 11.3. The topological polar surface area (TPSA) is 88.5 Å². The maximum Gasteiger partial charge on any atom is 0.290 e. The van der Waals surface area contributed by atoms with Crippen LogP contribution in [0.15, 0.2) is 12.4 Å². The van der Waals surface area contributed by atoms with Crippen LogP contribution < -0.4 is 5.32 Å². The average molecular weight is 262 g/mol. The molecule has 0 saturated heterocycles. The van der Waals surface area contributed by atoms with Crippen molar-refractivity contribution in [3.63, 3.8) is 0 Å². The molecule has 0 atom stereocenters. The Morgan fingerprint density at radius 2 is 2.32 bits per heavy atom. The number of aromatic nitrogens is 5. The van der Waals surface area contributed by atoms with Crippen molar-refractivity contribution in [1.82, 2.24) is 30.3 Å². The Morgan fingerprint density at radius 3 is 2.89 bits per heavy atom. The van der Waals surface area contributed by atoms with Crippen LogP contribution in [0.1, 0.15) is 41.8 Å². The van der Waals surface area contributed by atoms with Gasteiger partial charge in [0.15, 0.2) is 0 Å². The molecule has 2 N–H and O–H groups in total. The van der Waals surface area contributed by atoms with Gasteiger partial charge in [0.25, 0.3) is 5.91 Å². The number of hydrogen-bond acceptors (Lipinski definition) is 4. The summed E-state index contributed by atoms with van der Waals surface area (Å²) in [4.78, 5) is 15.9. The Hall–Kier alpha value is -2.18. The maximum atomic E-state index is 11.8. The van der Waals surface area contributed by atoms with Gasteiger partial charge in [0.05, 0.1) is 6.20 Å². The molecule has 0 aliphatic carbocycles. The Kier molecular flexibility index (Phi) is 3.94. The zero-order valence-corrected chi connectivity index (χ0v) is 11.3. The third-order valence-electron chi connectivity index (χ3n) is 2.71. The first-order chi connectivity index (χ1) is 9.06. The zero-order chi connectivity index (χ0) is 13.8. The summed E-state index contributed by atoms with van der Waals surface area (Å²) < 4.78 is 1.74. The molecule has 7 nitrogen and oxygen atoms in total. The molecule has 0 aliphatic heterocycles. The van der Waals surface area contributed by atoms with Crippen LogP contribution in [0, 0.1) is 0 Å². The SMILES string of the molecule is CC(C)c1nc(C(=O)NCCc2cnn(C)c2)n[nH]1. The molecular formula is C12H18N6O. The van der Waals surface area contributed by atoms with Crippen LogP contribution in [0.3, 0.4) is 0 Å². The first-order valence-corrected chi connectivity index (χ1v) is 6.24. The molecule has 2 heterocycles. The normalized spacial score (nSPS) is 10.9. The maximum absolute atomic E-state index is 11.8. The smallest absolute Gasteiger partial charge is 0.290 e. The van der Waals surface area contributed by atoms with Crippen molar-refractivity contribution in [2.45, 2.75) is 26.2 Å². The van der Waals surface area contributed by atoms with E-state index < -0.39 is 0 Å². The Labute approximate surface area is 111 Å². The molecule has 0 unspecified atom stereocenters. The van der Waals surface area contributed by atoms with Crippen molar-refractivity contribution in [1.29, 1.82) is 0 Å². The molecule has 0 aliphatic rings. The largest absolute Gasteiger partial charge is 0.349 e. The molecule has 102 valence electrons. The fourth-order valence-electron chi connectivity index (χ4n) is 1.63. The second kappa shape index (κ2) is 5.64. The van der Waals surface area contributed by atoms with Gasteiger partial charge in [-0.25, -0.2) is 4.98 Å². The van der Waals surface area contributed by atoms with E-state index in [1.807, 2.05) is 27.1 Å². The van der Waals surface area contributed by atoms with Gasteiger partial charge in [-0.05, 0) is 12.0 Å². The minimum atomic E-state index is -0.257. The molecule has 2 rings (SSSR count). The van der Waals surface area contributed by atoms with E-state index in [9.17, 15) is 4.79 Å². The van der Waals surface area contributed by atoms with E-state index in [0.717, 1.165) is 17.8 Å². The summed E-state index contributed by atoms with van der Waals surface area (Å²) in [6.07, 6.45) is 4.45. The van der Waals surface area contributed by atoms with Gasteiger partial charge in [-0.2, -0.15) is 5.10 Å². The van der Waals surface area contributed by atoms with E-state index in [0.29, 0.717) is 6.54 Å². The fourth-order valence-corrected chi connectivity index (χ4v) is 1.63. The number of amides is 1. The number of aromatic amines is 1. The van der Waals surface area contributed by atoms with Crippen molar-refractivity contribution in [3.8, 4) is 0 Å². The van der Waals surface area contributed by atoms with Gasteiger partial charge < -0.3 is 5.32 Å². The first kappa shape index (κ1) is 13.3. The summed E-state index contributed by atoms with van der Waals surface area (Å²) >= 11 is 0. The third kappa shape index (κ3) is 3.40. The molecule has 0 spiro atoms. The monoisotopic (exact) mass is 262 g/mol. The number of nitrogens with one attached hydrogen (secondary N) is 2. The minimum absolute atomic E-state index is 0.190. The van der Waals surface area contributed by atoms with Crippen molar-refractivity contribution in [2.24, 2.45) is 7.05 Å². The van der Waals surface area contributed by atoms with E-state index in [1.165, 1.54) is 0 Å². The van der Waals surface area contributed by atoms with Crippen molar-refractivity contribution in [2.75, 3.05) is 6.54 Å². The number of aryl methyl sites for hydroxylation is 1. The van der Waals surface area contributed by atoms with Crippen LogP contribution in [0.2, 0.25) is 0 Å². The molecule has 19 heavy (non-hydrogen) atoms. The lowest BCUT2D eigenvalue weighted by molar-refractivity contribution is 0.0944. The number of carbonyl (C=O) groups is 1. The second-order valence-electron chi connectivity index (χ2n) is 4.73. The highest BCUT2D eigenvalue weighted by molar-refractivity contribution is 5.90. The number of nitrogens with zero attached hydrogens (tertiary/aromatic N) is 4. The van der Waals surface area contributed by atoms with E-state index in [-0.39, 0.29) is 17.6 Å². The summed E-state index contributed by atoms with van der Waals surface area (Å²) in [5, 5.41) is 13.5. The highest BCUT2D eigenvalue weighted by atomic mass is 16.2.